The highest BCUT2D eigenvalue weighted by Gasteiger charge is 2.31. The fourth-order valence-electron chi connectivity index (χ4n) is 2.11. The van der Waals surface area contributed by atoms with Crippen molar-refractivity contribution in [1.29, 1.82) is 0 Å². The molecule has 8 nitrogen and oxygen atoms in total. The molecule has 0 spiro atoms. The van der Waals surface area contributed by atoms with Crippen molar-refractivity contribution in [3.63, 3.8) is 0 Å². The molecular formula is C9H18N4O4S. The highest BCUT2D eigenvalue weighted by atomic mass is 32.2. The Hall–Kier alpha value is -0.740. The van der Waals surface area contributed by atoms with Crippen LogP contribution in [0.4, 0.5) is 0 Å². The third-order valence-corrected chi connectivity index (χ3v) is 4.21. The van der Waals surface area contributed by atoms with E-state index in [1.807, 2.05) is 0 Å². The molecule has 0 aliphatic carbocycles. The van der Waals surface area contributed by atoms with Crippen LogP contribution in [0.5, 0.6) is 0 Å². The van der Waals surface area contributed by atoms with Crippen molar-refractivity contribution in [1.82, 2.24) is 14.5 Å². The molecule has 1 amide bonds. The lowest BCUT2D eigenvalue weighted by Gasteiger charge is -2.35. The zero-order valence-corrected chi connectivity index (χ0v) is 10.9. The maximum Gasteiger partial charge on any atom is 0.277 e. The van der Waals surface area contributed by atoms with Gasteiger partial charge in [0.05, 0.1) is 13.2 Å². The van der Waals surface area contributed by atoms with Crippen LogP contribution >= 0.6 is 0 Å². The largest absolute Gasteiger partial charge is 0.378 e. The van der Waals surface area contributed by atoms with E-state index in [-0.39, 0.29) is 25.0 Å². The molecule has 2 heterocycles. The first-order chi connectivity index (χ1) is 8.48. The van der Waals surface area contributed by atoms with Crippen LogP contribution in [0.3, 0.4) is 0 Å². The van der Waals surface area contributed by atoms with Crippen LogP contribution in [0.15, 0.2) is 0 Å². The number of nitrogens with one attached hydrogen (secondary N) is 1. The fourth-order valence-corrected chi connectivity index (χ4v) is 2.78. The number of ether oxygens (including phenoxy) is 1. The summed E-state index contributed by atoms with van der Waals surface area (Å²) in [7, 11) is -3.64. The number of nitrogens with zero attached hydrogens (tertiary/aromatic N) is 2. The molecule has 0 aromatic rings. The maximum absolute atomic E-state index is 12.1. The lowest BCUT2D eigenvalue weighted by Crippen LogP contribution is -2.58. The van der Waals surface area contributed by atoms with Crippen molar-refractivity contribution in [3.05, 3.63) is 0 Å². The van der Waals surface area contributed by atoms with Crippen LogP contribution in [0.1, 0.15) is 0 Å². The molecule has 0 saturated carbocycles. The molecular weight excluding hydrogens is 260 g/mol. The Morgan fingerprint density at radius 2 is 1.94 bits per heavy atom. The van der Waals surface area contributed by atoms with E-state index in [0.29, 0.717) is 32.8 Å². The van der Waals surface area contributed by atoms with Gasteiger partial charge in [0.25, 0.3) is 10.2 Å². The normalized spacial score (nSPS) is 27.2. The number of amides is 1. The van der Waals surface area contributed by atoms with Gasteiger partial charge < -0.3 is 15.0 Å². The summed E-state index contributed by atoms with van der Waals surface area (Å²) in [6.45, 7) is 2.88. The van der Waals surface area contributed by atoms with E-state index in [4.69, 9.17) is 9.88 Å². The third kappa shape index (κ3) is 3.18. The van der Waals surface area contributed by atoms with Gasteiger partial charge in [0.2, 0.25) is 5.91 Å². The van der Waals surface area contributed by atoms with Gasteiger partial charge in [-0.3, -0.25) is 4.79 Å². The average molecular weight is 278 g/mol. The number of hydrogen-bond donors (Lipinski definition) is 2. The summed E-state index contributed by atoms with van der Waals surface area (Å²) in [5.41, 5.74) is 0. The van der Waals surface area contributed by atoms with Gasteiger partial charge in [-0.05, 0) is 0 Å². The number of morpholine rings is 1. The first-order valence-electron chi connectivity index (χ1n) is 5.86. The summed E-state index contributed by atoms with van der Waals surface area (Å²) in [4.78, 5) is 13.7. The van der Waals surface area contributed by atoms with Crippen molar-refractivity contribution < 1.29 is 17.9 Å². The predicted molar refractivity (Wildman–Crippen MR) is 63.9 cm³/mol. The van der Waals surface area contributed by atoms with E-state index in [9.17, 15) is 13.2 Å². The summed E-state index contributed by atoms with van der Waals surface area (Å²) in [5.74, 6) is -0.0382. The van der Waals surface area contributed by atoms with E-state index in [1.165, 1.54) is 4.31 Å². The van der Waals surface area contributed by atoms with Gasteiger partial charge in [-0.15, -0.1) is 0 Å². The van der Waals surface area contributed by atoms with E-state index < -0.39 is 10.2 Å². The van der Waals surface area contributed by atoms with Crippen LogP contribution in [0, 0.1) is 0 Å². The second kappa shape index (κ2) is 5.49. The van der Waals surface area contributed by atoms with E-state index in [2.05, 4.69) is 5.32 Å². The smallest absolute Gasteiger partial charge is 0.277 e. The Morgan fingerprint density at radius 1 is 1.28 bits per heavy atom. The molecule has 2 aliphatic heterocycles. The van der Waals surface area contributed by atoms with Gasteiger partial charge in [0.15, 0.2) is 0 Å². The maximum atomic E-state index is 12.1. The zero-order chi connectivity index (χ0) is 13.2. The lowest BCUT2D eigenvalue weighted by atomic mass is 10.2. The Kier molecular flexibility index (Phi) is 4.17. The first-order valence-corrected chi connectivity index (χ1v) is 7.36. The number of piperazine rings is 1. The quantitative estimate of drug-likeness (QED) is 0.573. The predicted octanol–water partition coefficient (Wildman–Crippen LogP) is -2.68. The zero-order valence-electron chi connectivity index (χ0n) is 10.0. The van der Waals surface area contributed by atoms with Gasteiger partial charge in [0, 0.05) is 32.7 Å². The summed E-state index contributed by atoms with van der Waals surface area (Å²) in [5, 5.41) is 8.12. The van der Waals surface area contributed by atoms with Crippen molar-refractivity contribution in [2.45, 2.75) is 6.04 Å². The minimum Gasteiger partial charge on any atom is -0.378 e. The second-order valence-corrected chi connectivity index (χ2v) is 5.90. The van der Waals surface area contributed by atoms with Crippen molar-refractivity contribution in [2.24, 2.45) is 5.14 Å². The van der Waals surface area contributed by atoms with Crippen LogP contribution < -0.4 is 10.5 Å². The van der Waals surface area contributed by atoms with Gasteiger partial charge >= 0.3 is 0 Å². The van der Waals surface area contributed by atoms with Gasteiger partial charge in [-0.25, -0.2) is 5.14 Å². The summed E-state index contributed by atoms with van der Waals surface area (Å²) in [6.07, 6.45) is 0. The molecule has 9 heteroatoms. The van der Waals surface area contributed by atoms with Crippen LogP contribution in [0.2, 0.25) is 0 Å². The Labute approximate surface area is 106 Å². The molecule has 1 unspecified atom stereocenters. The van der Waals surface area contributed by atoms with Gasteiger partial charge in [-0.2, -0.15) is 12.7 Å². The molecule has 2 saturated heterocycles. The van der Waals surface area contributed by atoms with E-state index >= 15 is 0 Å². The third-order valence-electron chi connectivity index (χ3n) is 3.13. The minimum atomic E-state index is -3.64. The van der Waals surface area contributed by atoms with Gasteiger partial charge in [-0.1, -0.05) is 0 Å². The Bertz CT molecular complexity index is 399. The first kappa shape index (κ1) is 13.7. The van der Waals surface area contributed by atoms with E-state index in [0.717, 1.165) is 0 Å². The number of carbonyl (C=O) groups is 1. The molecule has 0 aromatic carbocycles. The molecule has 0 aromatic heterocycles. The van der Waals surface area contributed by atoms with Crippen molar-refractivity contribution in [3.8, 4) is 0 Å². The summed E-state index contributed by atoms with van der Waals surface area (Å²) < 4.78 is 28.7. The lowest BCUT2D eigenvalue weighted by molar-refractivity contribution is -0.137. The van der Waals surface area contributed by atoms with Crippen LogP contribution in [-0.2, 0) is 19.7 Å². The Balaban J connectivity index is 1.87. The van der Waals surface area contributed by atoms with Crippen LogP contribution in [-0.4, -0.2) is 75.5 Å². The monoisotopic (exact) mass is 278 g/mol. The number of nitrogens with two attached hydrogens (primary N) is 1. The SMILES string of the molecule is NS(=O)(=O)N1CCN(C(=O)C2COCCN2)CC1. The molecule has 0 radical (unpaired) electrons. The molecule has 0 bridgehead atoms. The molecule has 104 valence electrons. The number of carbonyl (C=O) groups excluding carboxylic acids is 1. The summed E-state index contributed by atoms with van der Waals surface area (Å²) in [6, 6.07) is -0.320. The van der Waals surface area contributed by atoms with Gasteiger partial charge in [0.1, 0.15) is 6.04 Å². The fraction of sp³-hybridized carbons (Fsp3) is 0.889. The van der Waals surface area contributed by atoms with Crippen LogP contribution in [0.25, 0.3) is 0 Å². The molecule has 2 fully saturated rings. The number of hydrogen-bond acceptors (Lipinski definition) is 5. The topological polar surface area (TPSA) is 105 Å². The summed E-state index contributed by atoms with van der Waals surface area (Å²) >= 11 is 0. The minimum absolute atomic E-state index is 0.0382. The molecule has 2 aliphatic rings. The average Bonchev–Trinajstić information content (AvgIpc) is 2.38. The van der Waals surface area contributed by atoms with Crippen molar-refractivity contribution >= 4 is 16.1 Å². The Morgan fingerprint density at radius 3 is 2.44 bits per heavy atom. The number of rotatable bonds is 2. The van der Waals surface area contributed by atoms with Crippen molar-refractivity contribution in [2.75, 3.05) is 45.9 Å². The molecule has 2 rings (SSSR count). The second-order valence-electron chi connectivity index (χ2n) is 4.35. The highest BCUT2D eigenvalue weighted by molar-refractivity contribution is 7.86. The van der Waals surface area contributed by atoms with E-state index in [1.54, 1.807) is 4.90 Å². The standard InChI is InChI=1S/C9H18N4O4S/c10-18(15,16)13-4-2-12(3-5-13)9(14)8-7-17-6-1-11-8/h8,11H,1-7H2,(H2,10,15,16). The molecule has 18 heavy (non-hydrogen) atoms. The highest BCUT2D eigenvalue weighted by Crippen LogP contribution is 2.07. The molecule has 1 atom stereocenters. The molecule has 3 N–H and O–H groups in total.